The first-order valence-corrected chi connectivity index (χ1v) is 7.80. The van der Waals surface area contributed by atoms with Crippen molar-refractivity contribution in [3.63, 3.8) is 0 Å². The molecule has 0 aromatic heterocycles. The molecular weight excluding hydrogens is 266 g/mol. The van der Waals surface area contributed by atoms with Gasteiger partial charge >= 0.3 is 0 Å². The van der Waals surface area contributed by atoms with E-state index in [1.807, 2.05) is 23.1 Å². The smallest absolute Gasteiger partial charge is 0.256 e. The number of anilines is 2. The fourth-order valence-corrected chi connectivity index (χ4v) is 3.29. The van der Waals surface area contributed by atoms with Gasteiger partial charge in [-0.05, 0) is 37.3 Å². The molecule has 21 heavy (non-hydrogen) atoms. The summed E-state index contributed by atoms with van der Waals surface area (Å²) in [6, 6.07) is 5.83. The van der Waals surface area contributed by atoms with Gasteiger partial charge in [-0.2, -0.15) is 0 Å². The molecule has 5 nitrogen and oxygen atoms in total. The topological polar surface area (TPSA) is 64.6 Å². The molecule has 2 heterocycles. The summed E-state index contributed by atoms with van der Waals surface area (Å²) in [5, 5.41) is 15.8. The van der Waals surface area contributed by atoms with Crippen molar-refractivity contribution in [1.82, 2.24) is 4.90 Å². The molecule has 3 N–H and O–H groups in total. The standard InChI is InChI=1S/C16H23N3O2/c20-10-6-12-3-2-9-19(11-12)16(21)13-4-1-5-14-15(13)18-8-7-17-14/h1,4-5,12,17-18,20H,2-3,6-11H2. The predicted octanol–water partition coefficient (Wildman–Crippen LogP) is 1.76. The van der Waals surface area contributed by atoms with Crippen LogP contribution < -0.4 is 10.6 Å². The minimum absolute atomic E-state index is 0.102. The molecule has 0 radical (unpaired) electrons. The van der Waals surface area contributed by atoms with Crippen LogP contribution in [0.4, 0.5) is 11.4 Å². The number of carbonyl (C=O) groups is 1. The van der Waals surface area contributed by atoms with Crippen LogP contribution in [0.25, 0.3) is 0 Å². The number of aliphatic hydroxyl groups is 1. The van der Waals surface area contributed by atoms with Crippen LogP contribution in [-0.4, -0.2) is 48.7 Å². The van der Waals surface area contributed by atoms with Gasteiger partial charge in [-0.1, -0.05) is 6.07 Å². The number of hydrogen-bond acceptors (Lipinski definition) is 4. The fraction of sp³-hybridized carbons (Fsp3) is 0.562. The Hall–Kier alpha value is -1.75. The van der Waals surface area contributed by atoms with Crippen LogP contribution in [0.1, 0.15) is 29.6 Å². The second-order valence-electron chi connectivity index (χ2n) is 5.85. The molecule has 1 atom stereocenters. The zero-order valence-electron chi connectivity index (χ0n) is 12.3. The first-order chi connectivity index (χ1) is 10.3. The van der Waals surface area contributed by atoms with Crippen molar-refractivity contribution >= 4 is 17.3 Å². The van der Waals surface area contributed by atoms with E-state index in [1.165, 1.54) is 0 Å². The summed E-state index contributed by atoms with van der Waals surface area (Å²) in [6.07, 6.45) is 2.92. The summed E-state index contributed by atoms with van der Waals surface area (Å²) >= 11 is 0. The Morgan fingerprint density at radius 1 is 1.33 bits per heavy atom. The predicted molar refractivity (Wildman–Crippen MR) is 83.8 cm³/mol. The van der Waals surface area contributed by atoms with Crippen molar-refractivity contribution in [1.29, 1.82) is 0 Å². The van der Waals surface area contributed by atoms with Gasteiger partial charge in [0.25, 0.3) is 5.91 Å². The highest BCUT2D eigenvalue weighted by molar-refractivity contribution is 6.02. The molecule has 114 valence electrons. The monoisotopic (exact) mass is 289 g/mol. The molecule has 1 aromatic rings. The van der Waals surface area contributed by atoms with Crippen LogP contribution in [0.3, 0.4) is 0 Å². The van der Waals surface area contributed by atoms with Crippen LogP contribution in [0.15, 0.2) is 18.2 Å². The second-order valence-corrected chi connectivity index (χ2v) is 5.85. The third kappa shape index (κ3) is 2.97. The Morgan fingerprint density at radius 3 is 3.05 bits per heavy atom. The summed E-state index contributed by atoms with van der Waals surface area (Å²) in [6.45, 7) is 3.50. The van der Waals surface area contributed by atoms with E-state index < -0.39 is 0 Å². The third-order valence-electron chi connectivity index (χ3n) is 4.38. The zero-order chi connectivity index (χ0) is 14.7. The van der Waals surface area contributed by atoms with Gasteiger partial charge in [0.1, 0.15) is 0 Å². The number of nitrogens with one attached hydrogen (secondary N) is 2. The summed E-state index contributed by atoms with van der Waals surface area (Å²) in [5.74, 6) is 0.531. The van der Waals surface area contributed by atoms with Crippen LogP contribution in [0.5, 0.6) is 0 Å². The normalized spacial score (nSPS) is 21.2. The minimum Gasteiger partial charge on any atom is -0.396 e. The fourth-order valence-electron chi connectivity index (χ4n) is 3.29. The molecule has 2 aliphatic heterocycles. The molecule has 2 aliphatic rings. The molecule has 5 heteroatoms. The molecular formula is C16H23N3O2. The van der Waals surface area contributed by atoms with Gasteiger partial charge < -0.3 is 20.6 Å². The van der Waals surface area contributed by atoms with E-state index in [1.54, 1.807) is 0 Å². The number of para-hydroxylation sites is 1. The van der Waals surface area contributed by atoms with Gasteiger partial charge in [-0.15, -0.1) is 0 Å². The largest absolute Gasteiger partial charge is 0.396 e. The van der Waals surface area contributed by atoms with Gasteiger partial charge in [-0.25, -0.2) is 0 Å². The van der Waals surface area contributed by atoms with E-state index >= 15 is 0 Å². The number of rotatable bonds is 3. The summed E-state index contributed by atoms with van der Waals surface area (Å²) in [7, 11) is 0. The van der Waals surface area contributed by atoms with Crippen molar-refractivity contribution in [2.45, 2.75) is 19.3 Å². The van der Waals surface area contributed by atoms with E-state index in [2.05, 4.69) is 10.6 Å². The van der Waals surface area contributed by atoms with Crippen molar-refractivity contribution in [3.05, 3.63) is 23.8 Å². The highest BCUT2D eigenvalue weighted by Gasteiger charge is 2.26. The third-order valence-corrected chi connectivity index (χ3v) is 4.38. The number of benzene rings is 1. The van der Waals surface area contributed by atoms with Crippen molar-refractivity contribution in [2.24, 2.45) is 5.92 Å². The lowest BCUT2D eigenvalue weighted by Crippen LogP contribution is -2.40. The molecule has 1 saturated heterocycles. The van der Waals surface area contributed by atoms with Gasteiger partial charge in [0.2, 0.25) is 0 Å². The Bertz CT molecular complexity index is 516. The lowest BCUT2D eigenvalue weighted by molar-refractivity contribution is 0.0654. The Morgan fingerprint density at radius 2 is 2.19 bits per heavy atom. The average Bonchev–Trinajstić information content (AvgIpc) is 2.54. The number of amides is 1. The summed E-state index contributed by atoms with van der Waals surface area (Å²) in [5.41, 5.74) is 2.69. The highest BCUT2D eigenvalue weighted by Crippen LogP contribution is 2.30. The summed E-state index contributed by atoms with van der Waals surface area (Å²) < 4.78 is 0. The zero-order valence-corrected chi connectivity index (χ0v) is 12.3. The second kappa shape index (κ2) is 6.35. The quantitative estimate of drug-likeness (QED) is 0.793. The van der Waals surface area contributed by atoms with E-state index in [0.717, 1.165) is 62.4 Å². The van der Waals surface area contributed by atoms with E-state index in [-0.39, 0.29) is 12.5 Å². The number of fused-ring (bicyclic) bond motifs is 1. The molecule has 1 fully saturated rings. The summed E-state index contributed by atoms with van der Waals surface area (Å²) in [4.78, 5) is 14.8. The van der Waals surface area contributed by atoms with Crippen LogP contribution in [-0.2, 0) is 0 Å². The first-order valence-electron chi connectivity index (χ1n) is 7.80. The maximum absolute atomic E-state index is 12.8. The molecule has 0 bridgehead atoms. The molecule has 0 spiro atoms. The Balaban J connectivity index is 1.79. The van der Waals surface area contributed by atoms with E-state index in [4.69, 9.17) is 5.11 Å². The van der Waals surface area contributed by atoms with E-state index in [9.17, 15) is 4.79 Å². The van der Waals surface area contributed by atoms with Gasteiger partial charge in [0.05, 0.1) is 16.9 Å². The number of aliphatic hydroxyl groups excluding tert-OH is 1. The van der Waals surface area contributed by atoms with Crippen LogP contribution >= 0.6 is 0 Å². The number of hydrogen-bond donors (Lipinski definition) is 3. The Kier molecular flexibility index (Phi) is 4.29. The Labute approximate surface area is 125 Å². The van der Waals surface area contributed by atoms with Gasteiger partial charge in [0.15, 0.2) is 0 Å². The van der Waals surface area contributed by atoms with Crippen molar-refractivity contribution in [2.75, 3.05) is 43.4 Å². The number of nitrogens with zero attached hydrogens (tertiary/aromatic N) is 1. The molecule has 3 rings (SSSR count). The molecule has 1 aromatic carbocycles. The highest BCUT2D eigenvalue weighted by atomic mass is 16.3. The number of carbonyl (C=O) groups excluding carboxylic acids is 1. The molecule has 1 unspecified atom stereocenters. The SMILES string of the molecule is O=C(c1cccc2c1NCCN2)N1CCCC(CCO)C1. The molecule has 0 aliphatic carbocycles. The number of likely N-dealkylation sites (tertiary alicyclic amines) is 1. The van der Waals surface area contributed by atoms with Gasteiger partial charge in [-0.3, -0.25) is 4.79 Å². The average molecular weight is 289 g/mol. The van der Waals surface area contributed by atoms with E-state index in [0.29, 0.717) is 5.92 Å². The molecule has 0 saturated carbocycles. The first kappa shape index (κ1) is 14.2. The lowest BCUT2D eigenvalue weighted by atomic mass is 9.94. The van der Waals surface area contributed by atoms with Crippen LogP contribution in [0, 0.1) is 5.92 Å². The number of piperidine rings is 1. The maximum atomic E-state index is 12.8. The lowest BCUT2D eigenvalue weighted by Gasteiger charge is -2.33. The molecule has 1 amide bonds. The van der Waals surface area contributed by atoms with Crippen molar-refractivity contribution in [3.8, 4) is 0 Å². The van der Waals surface area contributed by atoms with Crippen LogP contribution in [0.2, 0.25) is 0 Å². The maximum Gasteiger partial charge on any atom is 0.256 e. The van der Waals surface area contributed by atoms with Crippen molar-refractivity contribution < 1.29 is 9.90 Å². The minimum atomic E-state index is 0.102. The van der Waals surface area contributed by atoms with Gasteiger partial charge in [0, 0.05) is 32.8 Å².